The van der Waals surface area contributed by atoms with E-state index in [-0.39, 0.29) is 35.0 Å². The van der Waals surface area contributed by atoms with Gasteiger partial charge < -0.3 is 0 Å². The van der Waals surface area contributed by atoms with E-state index in [2.05, 4.69) is 0 Å². The predicted octanol–water partition coefficient (Wildman–Crippen LogP) is 2.85. The molecule has 2 aliphatic carbocycles. The normalized spacial score (nSPS) is 30.2. The van der Waals surface area contributed by atoms with Crippen molar-refractivity contribution in [2.75, 3.05) is 4.90 Å². The molecule has 122 valence electrons. The average molecular weight is 324 g/mol. The molecule has 6 heteroatoms. The van der Waals surface area contributed by atoms with E-state index in [0.717, 1.165) is 16.0 Å². The van der Waals surface area contributed by atoms with Crippen molar-refractivity contribution < 1.29 is 14.5 Å². The predicted molar refractivity (Wildman–Crippen MR) is 87.1 cm³/mol. The van der Waals surface area contributed by atoms with Crippen LogP contribution in [-0.4, -0.2) is 16.7 Å². The Labute approximate surface area is 138 Å². The molecule has 0 N–H and O–H groups in total. The molecule has 1 aromatic carbocycles. The fraction of sp³-hybridized carbons (Fsp3) is 0.333. The first-order chi connectivity index (χ1) is 11.4. The first-order valence-electron chi connectivity index (χ1n) is 7.90. The first kappa shape index (κ1) is 14.8. The van der Waals surface area contributed by atoms with Gasteiger partial charge in [0.1, 0.15) is 5.69 Å². The topological polar surface area (TPSA) is 80.5 Å². The highest BCUT2D eigenvalue weighted by Crippen LogP contribution is 2.57. The zero-order valence-electron chi connectivity index (χ0n) is 13.3. The summed E-state index contributed by atoms with van der Waals surface area (Å²) in [6.45, 7) is 4.00. The van der Waals surface area contributed by atoms with Gasteiger partial charge in [-0.2, -0.15) is 0 Å². The zero-order chi connectivity index (χ0) is 17.2. The molecule has 6 nitrogen and oxygen atoms in total. The standard InChI is InChI=1S/C18H16N2O4/c1-9(2)14-10-7-8-11(14)16-15(10)17(21)19(18(16)22)12-5-3-4-6-13(12)20(23)24/h3-8,10-11,15-16H,1-2H3/t10-,11-,15-,16+/m1/s1. The lowest BCUT2D eigenvalue weighted by molar-refractivity contribution is -0.384. The minimum Gasteiger partial charge on any atom is -0.274 e. The Morgan fingerprint density at radius 2 is 1.58 bits per heavy atom. The Kier molecular flexibility index (Phi) is 3.00. The van der Waals surface area contributed by atoms with Crippen molar-refractivity contribution in [2.24, 2.45) is 23.7 Å². The van der Waals surface area contributed by atoms with Crippen LogP contribution in [0.1, 0.15) is 13.8 Å². The number of anilines is 1. The van der Waals surface area contributed by atoms with Gasteiger partial charge >= 0.3 is 0 Å². The number of para-hydroxylation sites is 2. The van der Waals surface area contributed by atoms with E-state index < -0.39 is 16.8 Å². The third-order valence-corrected chi connectivity index (χ3v) is 5.31. The van der Waals surface area contributed by atoms with Gasteiger partial charge in [0.05, 0.1) is 16.8 Å². The van der Waals surface area contributed by atoms with Crippen LogP contribution in [0.3, 0.4) is 0 Å². The molecule has 0 unspecified atom stereocenters. The summed E-state index contributed by atoms with van der Waals surface area (Å²) in [7, 11) is 0. The highest BCUT2D eigenvalue weighted by molar-refractivity contribution is 6.24. The summed E-state index contributed by atoms with van der Waals surface area (Å²) >= 11 is 0. The summed E-state index contributed by atoms with van der Waals surface area (Å²) in [5, 5.41) is 11.3. The fourth-order valence-electron chi connectivity index (χ4n) is 4.47. The Hall–Kier alpha value is -2.76. The summed E-state index contributed by atoms with van der Waals surface area (Å²) in [6, 6.07) is 5.91. The molecule has 1 aliphatic heterocycles. The second kappa shape index (κ2) is 4.87. The number of amides is 2. The SMILES string of the molecule is CC(C)=C1[C@H]2C=C[C@H]1[C@H]1C(=O)N(c3ccccc3[N+](=O)[O-])C(=O)[C@H]12. The number of carbonyl (C=O) groups is 2. The molecule has 0 spiro atoms. The fourth-order valence-corrected chi connectivity index (χ4v) is 4.47. The van der Waals surface area contributed by atoms with Gasteiger partial charge in [-0.1, -0.05) is 35.4 Å². The second-order valence-corrected chi connectivity index (χ2v) is 6.70. The number of nitrogens with zero attached hydrogens (tertiary/aromatic N) is 2. The molecule has 3 aliphatic rings. The number of hydrogen-bond acceptors (Lipinski definition) is 4. The van der Waals surface area contributed by atoms with E-state index in [0.29, 0.717) is 0 Å². The number of allylic oxidation sites excluding steroid dienone is 4. The largest absolute Gasteiger partial charge is 0.293 e. The Balaban J connectivity index is 1.81. The highest BCUT2D eigenvalue weighted by atomic mass is 16.6. The van der Waals surface area contributed by atoms with Crippen LogP contribution in [-0.2, 0) is 9.59 Å². The number of carbonyl (C=O) groups excluding carboxylic acids is 2. The number of hydrogen-bond donors (Lipinski definition) is 0. The molecule has 1 heterocycles. The molecule has 2 bridgehead atoms. The van der Waals surface area contributed by atoms with Gasteiger partial charge in [0.2, 0.25) is 11.8 Å². The van der Waals surface area contributed by atoms with E-state index in [9.17, 15) is 19.7 Å². The van der Waals surface area contributed by atoms with E-state index in [1.807, 2.05) is 26.0 Å². The van der Waals surface area contributed by atoms with Crippen molar-refractivity contribution in [3.05, 3.63) is 57.7 Å². The zero-order valence-corrected chi connectivity index (χ0v) is 13.3. The third kappa shape index (κ3) is 1.71. The molecular formula is C18H16N2O4. The maximum atomic E-state index is 13.0. The molecule has 1 saturated heterocycles. The van der Waals surface area contributed by atoms with Crippen molar-refractivity contribution in [1.29, 1.82) is 0 Å². The molecule has 2 amide bonds. The Morgan fingerprint density at radius 3 is 2.08 bits per heavy atom. The summed E-state index contributed by atoms with van der Waals surface area (Å²) in [5.41, 5.74) is 2.16. The van der Waals surface area contributed by atoms with Gasteiger partial charge in [-0.05, 0) is 19.9 Å². The van der Waals surface area contributed by atoms with Gasteiger partial charge in [-0.25, -0.2) is 4.90 Å². The van der Waals surface area contributed by atoms with Crippen LogP contribution in [0.2, 0.25) is 0 Å². The monoisotopic (exact) mass is 324 g/mol. The molecule has 0 radical (unpaired) electrons. The van der Waals surface area contributed by atoms with Gasteiger partial charge in [0.25, 0.3) is 5.69 Å². The molecule has 4 rings (SSSR count). The minimum atomic E-state index is -0.557. The molecule has 24 heavy (non-hydrogen) atoms. The maximum Gasteiger partial charge on any atom is 0.293 e. The number of fused-ring (bicyclic) bond motifs is 5. The quantitative estimate of drug-likeness (QED) is 0.362. The number of nitro groups is 1. The Bertz CT molecular complexity index is 816. The van der Waals surface area contributed by atoms with Crippen molar-refractivity contribution in [1.82, 2.24) is 0 Å². The lowest BCUT2D eigenvalue weighted by atomic mass is 9.85. The molecule has 4 atom stereocenters. The molecule has 1 aromatic rings. The van der Waals surface area contributed by atoms with Gasteiger partial charge in [0.15, 0.2) is 0 Å². The first-order valence-corrected chi connectivity index (χ1v) is 7.90. The van der Waals surface area contributed by atoms with Crippen LogP contribution >= 0.6 is 0 Å². The molecule has 1 saturated carbocycles. The van der Waals surface area contributed by atoms with Crippen molar-refractivity contribution in [3.8, 4) is 0 Å². The van der Waals surface area contributed by atoms with Crippen LogP contribution in [0.4, 0.5) is 11.4 Å². The number of imide groups is 1. The number of rotatable bonds is 2. The number of benzene rings is 1. The van der Waals surface area contributed by atoms with Crippen LogP contribution in [0.25, 0.3) is 0 Å². The van der Waals surface area contributed by atoms with Crippen LogP contribution < -0.4 is 4.90 Å². The van der Waals surface area contributed by atoms with Gasteiger partial charge in [0, 0.05) is 17.9 Å². The number of nitro benzene ring substituents is 1. The maximum absolute atomic E-state index is 13.0. The average Bonchev–Trinajstić information content (AvgIpc) is 3.17. The smallest absolute Gasteiger partial charge is 0.274 e. The molecule has 0 aromatic heterocycles. The summed E-state index contributed by atoms with van der Waals surface area (Å²) in [4.78, 5) is 37.6. The summed E-state index contributed by atoms with van der Waals surface area (Å²) in [6.07, 6.45) is 4.00. The second-order valence-electron chi connectivity index (χ2n) is 6.70. The van der Waals surface area contributed by atoms with Gasteiger partial charge in [-0.3, -0.25) is 19.7 Å². The van der Waals surface area contributed by atoms with E-state index >= 15 is 0 Å². The molecule has 2 fully saturated rings. The van der Waals surface area contributed by atoms with Crippen LogP contribution in [0.15, 0.2) is 47.6 Å². The van der Waals surface area contributed by atoms with Crippen molar-refractivity contribution in [2.45, 2.75) is 13.8 Å². The van der Waals surface area contributed by atoms with Crippen LogP contribution in [0.5, 0.6) is 0 Å². The summed E-state index contributed by atoms with van der Waals surface area (Å²) < 4.78 is 0. The van der Waals surface area contributed by atoms with E-state index in [1.54, 1.807) is 6.07 Å². The van der Waals surface area contributed by atoms with Crippen molar-refractivity contribution >= 4 is 23.2 Å². The van der Waals surface area contributed by atoms with E-state index in [4.69, 9.17) is 0 Å². The van der Waals surface area contributed by atoms with Crippen LogP contribution in [0, 0.1) is 33.8 Å². The highest BCUT2D eigenvalue weighted by Gasteiger charge is 2.62. The van der Waals surface area contributed by atoms with Crippen molar-refractivity contribution in [3.63, 3.8) is 0 Å². The third-order valence-electron chi connectivity index (χ3n) is 5.31. The van der Waals surface area contributed by atoms with E-state index in [1.165, 1.54) is 18.2 Å². The lowest BCUT2D eigenvalue weighted by Crippen LogP contribution is -2.33. The molecular weight excluding hydrogens is 308 g/mol. The minimum absolute atomic E-state index is 0.0609. The lowest BCUT2D eigenvalue weighted by Gasteiger charge is -2.19. The summed E-state index contributed by atoms with van der Waals surface area (Å²) in [5.74, 6) is -1.64. The van der Waals surface area contributed by atoms with Gasteiger partial charge in [-0.15, -0.1) is 0 Å². The Morgan fingerprint density at radius 1 is 1.04 bits per heavy atom.